The molecule has 0 amide bonds. The van der Waals surface area contributed by atoms with E-state index in [9.17, 15) is 0 Å². The fourth-order valence-electron chi connectivity index (χ4n) is 1.36. The lowest BCUT2D eigenvalue weighted by molar-refractivity contribution is 0.678. The highest BCUT2D eigenvalue weighted by Gasteiger charge is 2.38. The van der Waals surface area contributed by atoms with Crippen LogP contribution < -0.4 is 5.73 Å². The van der Waals surface area contributed by atoms with Crippen molar-refractivity contribution in [3.63, 3.8) is 0 Å². The van der Waals surface area contributed by atoms with Crippen LogP contribution in [0, 0.1) is 0 Å². The maximum atomic E-state index is 6.04. The maximum absolute atomic E-state index is 6.04. The van der Waals surface area contributed by atoms with Crippen molar-refractivity contribution in [1.82, 2.24) is 4.98 Å². The van der Waals surface area contributed by atoms with Crippen molar-refractivity contribution in [2.24, 2.45) is 5.73 Å². The standard InChI is InChI=1S/C10H16N2S/c1-7(2)9-12-6-8(13-9)5-10(11)3-4-10/h6-7H,3-5,11H2,1-2H3. The molecule has 1 fully saturated rings. The second-order valence-electron chi connectivity index (χ2n) is 4.36. The summed E-state index contributed by atoms with van der Waals surface area (Å²) in [7, 11) is 0. The van der Waals surface area contributed by atoms with Gasteiger partial charge >= 0.3 is 0 Å². The highest BCUT2D eigenvalue weighted by Crippen LogP contribution is 2.37. The van der Waals surface area contributed by atoms with Crippen LogP contribution in [0.2, 0.25) is 0 Å². The van der Waals surface area contributed by atoms with E-state index in [1.165, 1.54) is 22.7 Å². The van der Waals surface area contributed by atoms with Gasteiger partial charge in [-0.2, -0.15) is 0 Å². The number of aromatic nitrogens is 1. The van der Waals surface area contributed by atoms with Crippen molar-refractivity contribution in [3.8, 4) is 0 Å². The predicted molar refractivity (Wildman–Crippen MR) is 56.1 cm³/mol. The van der Waals surface area contributed by atoms with Crippen molar-refractivity contribution in [2.45, 2.75) is 44.6 Å². The van der Waals surface area contributed by atoms with Gasteiger partial charge in [-0.3, -0.25) is 0 Å². The second kappa shape index (κ2) is 3.07. The monoisotopic (exact) mass is 196 g/mol. The Morgan fingerprint density at radius 3 is 2.77 bits per heavy atom. The number of hydrogen-bond acceptors (Lipinski definition) is 3. The molecule has 0 bridgehead atoms. The molecule has 1 aliphatic carbocycles. The molecule has 0 atom stereocenters. The largest absolute Gasteiger partial charge is 0.325 e. The van der Waals surface area contributed by atoms with Crippen LogP contribution in [0.3, 0.4) is 0 Å². The first-order valence-corrected chi connectivity index (χ1v) is 5.64. The van der Waals surface area contributed by atoms with Gasteiger partial charge in [-0.25, -0.2) is 4.98 Å². The molecule has 0 aromatic carbocycles. The van der Waals surface area contributed by atoms with E-state index in [0.29, 0.717) is 5.92 Å². The van der Waals surface area contributed by atoms with Crippen molar-refractivity contribution in [3.05, 3.63) is 16.1 Å². The molecular weight excluding hydrogens is 180 g/mol. The molecule has 2 nitrogen and oxygen atoms in total. The summed E-state index contributed by atoms with van der Waals surface area (Å²) in [6.07, 6.45) is 5.38. The molecular formula is C10H16N2S. The van der Waals surface area contributed by atoms with E-state index < -0.39 is 0 Å². The molecule has 3 heteroatoms. The highest BCUT2D eigenvalue weighted by molar-refractivity contribution is 7.11. The normalized spacial score (nSPS) is 19.4. The average Bonchev–Trinajstić information content (AvgIpc) is 2.62. The number of rotatable bonds is 3. The highest BCUT2D eigenvalue weighted by atomic mass is 32.1. The number of nitrogens with zero attached hydrogens (tertiary/aromatic N) is 1. The minimum Gasteiger partial charge on any atom is -0.325 e. The Morgan fingerprint density at radius 2 is 2.31 bits per heavy atom. The van der Waals surface area contributed by atoms with Gasteiger partial charge in [-0.1, -0.05) is 13.8 Å². The summed E-state index contributed by atoms with van der Waals surface area (Å²) in [6.45, 7) is 4.36. The lowest BCUT2D eigenvalue weighted by atomic mass is 10.2. The first-order chi connectivity index (χ1) is 6.09. The smallest absolute Gasteiger partial charge is 0.0953 e. The van der Waals surface area contributed by atoms with E-state index in [1.54, 1.807) is 0 Å². The van der Waals surface area contributed by atoms with E-state index in [4.69, 9.17) is 5.73 Å². The zero-order valence-electron chi connectivity index (χ0n) is 8.21. The fourth-order valence-corrected chi connectivity index (χ4v) is 2.43. The molecule has 2 N–H and O–H groups in total. The average molecular weight is 196 g/mol. The van der Waals surface area contributed by atoms with Crippen LogP contribution in [-0.4, -0.2) is 10.5 Å². The Labute approximate surface area is 83.2 Å². The molecule has 0 saturated heterocycles. The van der Waals surface area contributed by atoms with Crippen molar-refractivity contribution in [2.75, 3.05) is 0 Å². The molecule has 1 aliphatic rings. The summed E-state index contributed by atoms with van der Waals surface area (Å²) < 4.78 is 0. The van der Waals surface area contributed by atoms with Crippen LogP contribution in [0.5, 0.6) is 0 Å². The maximum Gasteiger partial charge on any atom is 0.0953 e. The van der Waals surface area contributed by atoms with E-state index >= 15 is 0 Å². The Balaban J connectivity index is 2.05. The van der Waals surface area contributed by atoms with Gasteiger partial charge in [0.05, 0.1) is 5.01 Å². The van der Waals surface area contributed by atoms with Crippen LogP contribution in [0.25, 0.3) is 0 Å². The molecule has 0 aliphatic heterocycles. The van der Waals surface area contributed by atoms with E-state index in [-0.39, 0.29) is 5.54 Å². The summed E-state index contributed by atoms with van der Waals surface area (Å²) in [4.78, 5) is 5.74. The van der Waals surface area contributed by atoms with Crippen molar-refractivity contribution in [1.29, 1.82) is 0 Å². The number of thiazole rings is 1. The third-order valence-corrected chi connectivity index (χ3v) is 3.78. The summed E-state index contributed by atoms with van der Waals surface area (Å²) >= 11 is 1.82. The van der Waals surface area contributed by atoms with Crippen LogP contribution in [-0.2, 0) is 6.42 Å². The predicted octanol–water partition coefficient (Wildman–Crippen LogP) is 2.30. The lowest BCUT2D eigenvalue weighted by Crippen LogP contribution is -2.23. The minimum absolute atomic E-state index is 0.126. The van der Waals surface area contributed by atoms with Gasteiger partial charge in [0.25, 0.3) is 0 Å². The Kier molecular flexibility index (Phi) is 2.16. The third kappa shape index (κ3) is 2.09. The van der Waals surface area contributed by atoms with Crippen molar-refractivity contribution >= 4 is 11.3 Å². The summed E-state index contributed by atoms with van der Waals surface area (Å²) in [5.74, 6) is 0.548. The summed E-state index contributed by atoms with van der Waals surface area (Å²) in [5, 5.41) is 1.24. The van der Waals surface area contributed by atoms with E-state index in [0.717, 1.165) is 6.42 Å². The fraction of sp³-hybridized carbons (Fsp3) is 0.700. The molecule has 1 saturated carbocycles. The van der Waals surface area contributed by atoms with Gasteiger partial charge in [0.2, 0.25) is 0 Å². The third-order valence-electron chi connectivity index (χ3n) is 2.48. The Bertz CT molecular complexity index is 300. The minimum atomic E-state index is 0.126. The zero-order chi connectivity index (χ0) is 9.47. The van der Waals surface area contributed by atoms with Gasteiger partial charge in [-0.15, -0.1) is 11.3 Å². The molecule has 1 aromatic heterocycles. The van der Waals surface area contributed by atoms with Crippen molar-refractivity contribution < 1.29 is 0 Å². The van der Waals surface area contributed by atoms with E-state index in [1.807, 2.05) is 17.5 Å². The lowest BCUT2D eigenvalue weighted by Gasteiger charge is -2.04. The van der Waals surface area contributed by atoms with Gasteiger partial charge in [-0.05, 0) is 12.8 Å². The quantitative estimate of drug-likeness (QED) is 0.805. The SMILES string of the molecule is CC(C)c1ncc(CC2(N)CC2)s1. The van der Waals surface area contributed by atoms with Gasteiger partial charge in [0, 0.05) is 29.0 Å². The first kappa shape index (κ1) is 9.16. The van der Waals surface area contributed by atoms with Crippen LogP contribution in [0.4, 0.5) is 0 Å². The van der Waals surface area contributed by atoms with Gasteiger partial charge < -0.3 is 5.73 Å². The summed E-state index contributed by atoms with van der Waals surface area (Å²) in [5.41, 5.74) is 6.17. The molecule has 0 radical (unpaired) electrons. The number of nitrogens with two attached hydrogens (primary N) is 1. The summed E-state index contributed by atoms with van der Waals surface area (Å²) in [6, 6.07) is 0. The Hall–Kier alpha value is -0.410. The second-order valence-corrected chi connectivity index (χ2v) is 5.51. The zero-order valence-corrected chi connectivity index (χ0v) is 9.03. The molecule has 1 heterocycles. The molecule has 0 spiro atoms. The van der Waals surface area contributed by atoms with Crippen LogP contribution >= 0.6 is 11.3 Å². The van der Waals surface area contributed by atoms with Crippen LogP contribution in [0.15, 0.2) is 6.20 Å². The first-order valence-electron chi connectivity index (χ1n) is 4.82. The molecule has 2 rings (SSSR count). The molecule has 0 unspecified atom stereocenters. The van der Waals surface area contributed by atoms with Gasteiger partial charge in [0.15, 0.2) is 0 Å². The van der Waals surface area contributed by atoms with Gasteiger partial charge in [0.1, 0.15) is 0 Å². The Morgan fingerprint density at radius 1 is 1.62 bits per heavy atom. The van der Waals surface area contributed by atoms with E-state index in [2.05, 4.69) is 18.8 Å². The van der Waals surface area contributed by atoms with Crippen LogP contribution in [0.1, 0.15) is 42.5 Å². The number of hydrogen-bond donors (Lipinski definition) is 1. The molecule has 13 heavy (non-hydrogen) atoms. The molecule has 1 aromatic rings. The molecule has 72 valence electrons. The topological polar surface area (TPSA) is 38.9 Å².